The zero-order valence-corrected chi connectivity index (χ0v) is 15.0. The number of ketones is 1. The van der Waals surface area contributed by atoms with Gasteiger partial charge in [-0.1, -0.05) is 26.0 Å². The maximum absolute atomic E-state index is 12.5. The second-order valence-electron chi connectivity index (χ2n) is 9.14. The minimum absolute atomic E-state index is 0.00854. The van der Waals surface area contributed by atoms with Crippen LogP contribution in [-0.2, 0) is 4.79 Å². The fourth-order valence-corrected chi connectivity index (χ4v) is 7.33. The van der Waals surface area contributed by atoms with E-state index in [-0.39, 0.29) is 5.41 Å². The van der Waals surface area contributed by atoms with Crippen molar-refractivity contribution in [2.75, 3.05) is 0 Å². The molecule has 0 bridgehead atoms. The normalized spacial score (nSPS) is 54.6. The molecule has 0 spiro atoms. The lowest BCUT2D eigenvalue weighted by atomic mass is 9.44. The fraction of sp³-hybridized carbons (Fsp3) is 0.850. The quantitative estimate of drug-likeness (QED) is 0.488. The standard InChI is InChI=1S/C20H30OS/c1-12-10-14-15-4-5-18(21)20(15,3)9-7-16(14)19(2)8-6-13(22)11-17(12)19/h13-17,22H,1,4-11H2,2-3H3/t13-,14?,15?,16?,17-,19-,20+/m1/s1. The number of fused-ring (bicyclic) bond motifs is 5. The van der Waals surface area contributed by atoms with Gasteiger partial charge in [-0.3, -0.25) is 4.79 Å². The Labute approximate surface area is 140 Å². The first kappa shape index (κ1) is 15.3. The Morgan fingerprint density at radius 1 is 1.14 bits per heavy atom. The molecule has 4 fully saturated rings. The highest BCUT2D eigenvalue weighted by Gasteiger charge is 2.60. The van der Waals surface area contributed by atoms with E-state index in [1.165, 1.54) is 37.7 Å². The number of thiol groups is 1. The summed E-state index contributed by atoms with van der Waals surface area (Å²) in [6, 6.07) is 0. The van der Waals surface area contributed by atoms with Gasteiger partial charge in [-0.05, 0) is 74.0 Å². The molecule has 7 atom stereocenters. The van der Waals surface area contributed by atoms with Crippen LogP contribution in [0.2, 0.25) is 0 Å². The van der Waals surface area contributed by atoms with Crippen molar-refractivity contribution >= 4 is 18.4 Å². The average molecular weight is 319 g/mol. The lowest BCUT2D eigenvalue weighted by Gasteiger charge is -2.60. The molecule has 1 nitrogen and oxygen atoms in total. The van der Waals surface area contributed by atoms with E-state index in [0.717, 1.165) is 31.1 Å². The summed E-state index contributed by atoms with van der Waals surface area (Å²) in [5, 5.41) is 0.563. The second-order valence-corrected chi connectivity index (χ2v) is 9.87. The molecular formula is C20H30OS. The number of hydrogen-bond acceptors (Lipinski definition) is 2. The van der Waals surface area contributed by atoms with Gasteiger partial charge in [0.1, 0.15) is 5.78 Å². The van der Waals surface area contributed by atoms with Crippen molar-refractivity contribution in [3.63, 3.8) is 0 Å². The third-order valence-electron chi connectivity index (χ3n) is 8.30. The summed E-state index contributed by atoms with van der Waals surface area (Å²) < 4.78 is 0. The highest BCUT2D eigenvalue weighted by atomic mass is 32.1. The Hall–Kier alpha value is -0.240. The molecule has 0 N–H and O–H groups in total. The number of rotatable bonds is 0. The Bertz CT molecular complexity index is 526. The van der Waals surface area contributed by atoms with Crippen molar-refractivity contribution in [2.24, 2.45) is 34.5 Å². The lowest BCUT2D eigenvalue weighted by molar-refractivity contribution is -0.135. The molecule has 122 valence electrons. The molecule has 4 aliphatic carbocycles. The predicted octanol–water partition coefficient (Wildman–Crippen LogP) is 5.06. The molecule has 0 amide bonds. The van der Waals surface area contributed by atoms with Gasteiger partial charge >= 0.3 is 0 Å². The van der Waals surface area contributed by atoms with E-state index in [9.17, 15) is 4.79 Å². The van der Waals surface area contributed by atoms with Crippen LogP contribution >= 0.6 is 12.6 Å². The van der Waals surface area contributed by atoms with Gasteiger partial charge in [0.15, 0.2) is 0 Å². The van der Waals surface area contributed by atoms with Gasteiger partial charge in [0.2, 0.25) is 0 Å². The first-order chi connectivity index (χ1) is 10.4. The topological polar surface area (TPSA) is 17.1 Å². The van der Waals surface area contributed by atoms with Crippen LogP contribution in [0, 0.1) is 34.5 Å². The van der Waals surface area contributed by atoms with Crippen molar-refractivity contribution in [1.82, 2.24) is 0 Å². The Morgan fingerprint density at radius 2 is 1.91 bits per heavy atom. The van der Waals surface area contributed by atoms with Gasteiger partial charge in [0.25, 0.3) is 0 Å². The van der Waals surface area contributed by atoms with Gasteiger partial charge in [-0.25, -0.2) is 0 Å². The smallest absolute Gasteiger partial charge is 0.139 e. The molecule has 0 heterocycles. The van der Waals surface area contributed by atoms with Crippen LogP contribution in [0.1, 0.15) is 65.2 Å². The van der Waals surface area contributed by atoms with Crippen LogP contribution in [0.5, 0.6) is 0 Å². The summed E-state index contributed by atoms with van der Waals surface area (Å²) in [6.07, 6.45) is 9.34. The maximum atomic E-state index is 12.5. The van der Waals surface area contributed by atoms with Crippen LogP contribution in [-0.4, -0.2) is 11.0 Å². The van der Waals surface area contributed by atoms with Gasteiger partial charge < -0.3 is 0 Å². The molecule has 0 aromatic heterocycles. The van der Waals surface area contributed by atoms with Crippen LogP contribution in [0.4, 0.5) is 0 Å². The molecule has 0 saturated heterocycles. The molecular weight excluding hydrogens is 288 g/mol. The number of allylic oxidation sites excluding steroid dienone is 1. The van der Waals surface area contributed by atoms with Crippen LogP contribution in [0.3, 0.4) is 0 Å². The first-order valence-electron chi connectivity index (χ1n) is 9.25. The van der Waals surface area contributed by atoms with E-state index in [1.807, 2.05) is 0 Å². The Balaban J connectivity index is 1.69. The summed E-state index contributed by atoms with van der Waals surface area (Å²) in [4.78, 5) is 12.5. The van der Waals surface area contributed by atoms with E-state index >= 15 is 0 Å². The van der Waals surface area contributed by atoms with Crippen molar-refractivity contribution in [3.8, 4) is 0 Å². The lowest BCUT2D eigenvalue weighted by Crippen LogP contribution is -2.54. The number of carbonyl (C=O) groups is 1. The summed E-state index contributed by atoms with van der Waals surface area (Å²) in [7, 11) is 0. The first-order valence-corrected chi connectivity index (χ1v) is 9.77. The van der Waals surface area contributed by atoms with Gasteiger partial charge in [-0.2, -0.15) is 12.6 Å². The molecule has 0 aliphatic heterocycles. The molecule has 4 aliphatic rings. The molecule has 4 rings (SSSR count). The highest BCUT2D eigenvalue weighted by molar-refractivity contribution is 7.80. The number of hydrogen-bond donors (Lipinski definition) is 1. The molecule has 22 heavy (non-hydrogen) atoms. The SMILES string of the molecule is C=C1CC2C3CCC(=O)[C@@]3(C)CCC2[C@@]2(C)CC[C@@H](S)C[C@H]12. The average Bonchev–Trinajstić information content (AvgIpc) is 2.77. The van der Waals surface area contributed by atoms with Crippen molar-refractivity contribution in [3.05, 3.63) is 12.2 Å². The van der Waals surface area contributed by atoms with Crippen LogP contribution < -0.4 is 0 Å². The van der Waals surface area contributed by atoms with Crippen LogP contribution in [0.15, 0.2) is 12.2 Å². The summed E-state index contributed by atoms with van der Waals surface area (Å²) in [5.41, 5.74) is 1.89. The Kier molecular flexibility index (Phi) is 3.39. The van der Waals surface area contributed by atoms with Gasteiger partial charge in [0.05, 0.1) is 0 Å². The van der Waals surface area contributed by atoms with E-state index < -0.39 is 0 Å². The third-order valence-corrected chi connectivity index (χ3v) is 8.77. The van der Waals surface area contributed by atoms with Crippen molar-refractivity contribution in [1.29, 1.82) is 0 Å². The second kappa shape index (κ2) is 4.88. The van der Waals surface area contributed by atoms with E-state index in [1.54, 1.807) is 0 Å². The predicted molar refractivity (Wildman–Crippen MR) is 94.0 cm³/mol. The highest BCUT2D eigenvalue weighted by Crippen LogP contribution is 2.66. The molecule has 0 aromatic rings. The zero-order valence-electron chi connectivity index (χ0n) is 14.1. The third kappa shape index (κ3) is 1.88. The molecule has 2 heteroatoms. The molecule has 4 saturated carbocycles. The summed E-state index contributed by atoms with van der Waals surface area (Å²) in [6.45, 7) is 9.32. The van der Waals surface area contributed by atoms with E-state index in [4.69, 9.17) is 12.6 Å². The van der Waals surface area contributed by atoms with Crippen molar-refractivity contribution in [2.45, 2.75) is 70.5 Å². The maximum Gasteiger partial charge on any atom is 0.139 e. The zero-order chi connectivity index (χ0) is 15.7. The molecule has 0 radical (unpaired) electrons. The number of Topliss-reactive ketones (excluding diaryl/α,β-unsaturated/α-hetero) is 1. The van der Waals surface area contributed by atoms with E-state index in [0.29, 0.717) is 28.3 Å². The summed E-state index contributed by atoms with van der Waals surface area (Å²) in [5.74, 6) is 3.38. The molecule has 3 unspecified atom stereocenters. The molecule has 0 aromatic carbocycles. The fourth-order valence-electron chi connectivity index (χ4n) is 6.99. The van der Waals surface area contributed by atoms with E-state index in [2.05, 4.69) is 20.4 Å². The Morgan fingerprint density at radius 3 is 2.68 bits per heavy atom. The number of carbonyl (C=O) groups excluding carboxylic acids is 1. The summed E-state index contributed by atoms with van der Waals surface area (Å²) >= 11 is 4.77. The van der Waals surface area contributed by atoms with Crippen molar-refractivity contribution < 1.29 is 4.79 Å². The van der Waals surface area contributed by atoms with Gasteiger partial charge in [-0.15, -0.1) is 0 Å². The minimum atomic E-state index is -0.00854. The van der Waals surface area contributed by atoms with Gasteiger partial charge in [0, 0.05) is 17.1 Å². The monoisotopic (exact) mass is 318 g/mol. The minimum Gasteiger partial charge on any atom is -0.299 e. The van der Waals surface area contributed by atoms with Crippen LogP contribution in [0.25, 0.3) is 0 Å². The largest absolute Gasteiger partial charge is 0.299 e.